The molecule has 0 amide bonds. The molecule has 0 aromatic carbocycles. The molecule has 5 heteroatoms. The molecule has 19 heavy (non-hydrogen) atoms. The van der Waals surface area contributed by atoms with Crippen molar-refractivity contribution in [3.8, 4) is 0 Å². The van der Waals surface area contributed by atoms with E-state index in [2.05, 4.69) is 0 Å². The van der Waals surface area contributed by atoms with Crippen LogP contribution in [0.5, 0.6) is 0 Å². The topological polar surface area (TPSA) is 83.8 Å². The van der Waals surface area contributed by atoms with Crippen molar-refractivity contribution in [2.45, 2.75) is 38.4 Å². The van der Waals surface area contributed by atoms with Crippen molar-refractivity contribution >= 4 is 11.9 Å². The average Bonchev–Trinajstić information content (AvgIpc) is 2.31. The van der Waals surface area contributed by atoms with Crippen LogP contribution in [0.15, 0.2) is 36.0 Å². The van der Waals surface area contributed by atoms with Crippen LogP contribution in [-0.4, -0.2) is 33.9 Å². The molecule has 1 rings (SSSR count). The third-order valence-corrected chi connectivity index (χ3v) is 2.74. The molecule has 0 saturated carbocycles. The Morgan fingerprint density at radius 1 is 1.53 bits per heavy atom. The minimum atomic E-state index is -1.33. The molecule has 2 unspecified atom stereocenters. The number of carboxylic acid groups (broad SMARTS) is 1. The lowest BCUT2D eigenvalue weighted by atomic mass is 9.91. The number of aliphatic hydroxyl groups is 1. The van der Waals surface area contributed by atoms with Crippen molar-refractivity contribution in [2.24, 2.45) is 0 Å². The first kappa shape index (κ1) is 15.2. The van der Waals surface area contributed by atoms with Gasteiger partial charge in [-0.25, -0.2) is 4.79 Å². The maximum atomic E-state index is 11.7. The first-order chi connectivity index (χ1) is 8.86. The van der Waals surface area contributed by atoms with Gasteiger partial charge in [0.15, 0.2) is 6.10 Å². The standard InChI is InChI=1S/C14H18O5/c1-3-4-5-6-11-14(2,18)9-10(13(17)19-11)7-8-12(15)16/h3-6,9,11,18H,7-8H2,1-2H3,(H,15,16). The lowest BCUT2D eigenvalue weighted by Crippen LogP contribution is -2.44. The second kappa shape index (κ2) is 6.33. The summed E-state index contributed by atoms with van der Waals surface area (Å²) in [6, 6.07) is 0. The second-order valence-electron chi connectivity index (χ2n) is 4.53. The monoisotopic (exact) mass is 266 g/mol. The molecule has 0 bridgehead atoms. The maximum absolute atomic E-state index is 11.7. The van der Waals surface area contributed by atoms with E-state index in [0.717, 1.165) is 0 Å². The van der Waals surface area contributed by atoms with Crippen LogP contribution in [-0.2, 0) is 14.3 Å². The van der Waals surface area contributed by atoms with Gasteiger partial charge < -0.3 is 14.9 Å². The van der Waals surface area contributed by atoms with E-state index < -0.39 is 23.6 Å². The lowest BCUT2D eigenvalue weighted by molar-refractivity contribution is -0.153. The van der Waals surface area contributed by atoms with Crippen LogP contribution in [0.2, 0.25) is 0 Å². The van der Waals surface area contributed by atoms with Gasteiger partial charge in [0.05, 0.1) is 0 Å². The van der Waals surface area contributed by atoms with E-state index in [-0.39, 0.29) is 18.4 Å². The van der Waals surface area contributed by atoms with Crippen LogP contribution in [0.1, 0.15) is 26.7 Å². The predicted molar refractivity (Wildman–Crippen MR) is 69.4 cm³/mol. The smallest absolute Gasteiger partial charge is 0.334 e. The fourth-order valence-corrected chi connectivity index (χ4v) is 1.73. The second-order valence-corrected chi connectivity index (χ2v) is 4.53. The predicted octanol–water partition coefficient (Wildman–Crippen LogP) is 1.59. The highest BCUT2D eigenvalue weighted by Gasteiger charge is 2.37. The molecular formula is C14H18O5. The van der Waals surface area contributed by atoms with Crippen LogP contribution in [0.3, 0.4) is 0 Å². The highest BCUT2D eigenvalue weighted by Crippen LogP contribution is 2.27. The van der Waals surface area contributed by atoms with Gasteiger partial charge in [-0.2, -0.15) is 0 Å². The Labute approximate surface area is 111 Å². The van der Waals surface area contributed by atoms with Crippen LogP contribution in [0.4, 0.5) is 0 Å². The lowest BCUT2D eigenvalue weighted by Gasteiger charge is -2.32. The van der Waals surface area contributed by atoms with Crippen molar-refractivity contribution in [1.29, 1.82) is 0 Å². The van der Waals surface area contributed by atoms with Gasteiger partial charge in [-0.05, 0) is 32.4 Å². The Hall–Kier alpha value is -1.88. The van der Waals surface area contributed by atoms with Gasteiger partial charge in [-0.1, -0.05) is 18.2 Å². The Bertz CT molecular complexity index is 443. The van der Waals surface area contributed by atoms with Gasteiger partial charge in [0.1, 0.15) is 5.60 Å². The normalized spacial score (nSPS) is 27.6. The maximum Gasteiger partial charge on any atom is 0.334 e. The number of cyclic esters (lactones) is 1. The average molecular weight is 266 g/mol. The van der Waals surface area contributed by atoms with E-state index in [1.54, 1.807) is 18.2 Å². The van der Waals surface area contributed by atoms with Crippen molar-refractivity contribution < 1.29 is 24.5 Å². The summed E-state index contributed by atoms with van der Waals surface area (Å²) in [5, 5.41) is 18.8. The number of aliphatic carboxylic acids is 1. The summed E-state index contributed by atoms with van der Waals surface area (Å²) in [4.78, 5) is 22.2. The van der Waals surface area contributed by atoms with Crippen molar-refractivity contribution in [2.75, 3.05) is 0 Å². The first-order valence-electron chi connectivity index (χ1n) is 6.03. The highest BCUT2D eigenvalue weighted by molar-refractivity contribution is 5.90. The van der Waals surface area contributed by atoms with Gasteiger partial charge in [-0.15, -0.1) is 0 Å². The molecule has 2 atom stereocenters. The van der Waals surface area contributed by atoms with Gasteiger partial charge >= 0.3 is 11.9 Å². The third-order valence-electron chi connectivity index (χ3n) is 2.74. The third kappa shape index (κ3) is 4.37. The number of carbonyl (C=O) groups is 2. The van der Waals surface area contributed by atoms with Crippen LogP contribution in [0.25, 0.3) is 0 Å². The minimum absolute atomic E-state index is 0.0512. The highest BCUT2D eigenvalue weighted by atomic mass is 16.6. The molecule has 1 aliphatic rings. The molecule has 2 N–H and O–H groups in total. The zero-order valence-electron chi connectivity index (χ0n) is 11.0. The van der Waals surface area contributed by atoms with Crippen LogP contribution < -0.4 is 0 Å². The Morgan fingerprint density at radius 2 is 2.21 bits per heavy atom. The summed E-state index contributed by atoms with van der Waals surface area (Å²) >= 11 is 0. The number of allylic oxidation sites excluding steroid dienone is 3. The van der Waals surface area contributed by atoms with Gasteiger partial charge in [-0.3, -0.25) is 4.79 Å². The van der Waals surface area contributed by atoms with Crippen molar-refractivity contribution in [1.82, 2.24) is 0 Å². The number of carboxylic acids is 1. The Kier molecular flexibility index (Phi) is 5.06. The number of rotatable bonds is 5. The van der Waals surface area contributed by atoms with E-state index in [4.69, 9.17) is 9.84 Å². The number of hydrogen-bond acceptors (Lipinski definition) is 4. The molecule has 0 fully saturated rings. The largest absolute Gasteiger partial charge is 0.481 e. The summed E-state index contributed by atoms with van der Waals surface area (Å²) < 4.78 is 5.12. The molecule has 0 aromatic rings. The van der Waals surface area contributed by atoms with Crippen LogP contribution >= 0.6 is 0 Å². The summed E-state index contributed by atoms with van der Waals surface area (Å²) in [6.07, 6.45) is 7.32. The molecule has 0 saturated heterocycles. The van der Waals surface area contributed by atoms with E-state index in [1.807, 2.05) is 13.0 Å². The SMILES string of the molecule is CC=CC=CC1OC(=O)C(CCC(=O)O)=CC1(C)O. The van der Waals surface area contributed by atoms with Gasteiger partial charge in [0.25, 0.3) is 0 Å². The van der Waals surface area contributed by atoms with E-state index in [9.17, 15) is 14.7 Å². The minimum Gasteiger partial charge on any atom is -0.481 e. The van der Waals surface area contributed by atoms with Gasteiger partial charge in [0, 0.05) is 12.0 Å². The van der Waals surface area contributed by atoms with Crippen molar-refractivity contribution in [3.63, 3.8) is 0 Å². The number of esters is 1. The Balaban J connectivity index is 2.85. The number of ether oxygens (including phenoxy) is 1. The Morgan fingerprint density at radius 3 is 2.79 bits per heavy atom. The quantitative estimate of drug-likeness (QED) is 0.583. The number of hydrogen-bond donors (Lipinski definition) is 2. The number of carbonyl (C=O) groups excluding carboxylic acids is 1. The first-order valence-corrected chi connectivity index (χ1v) is 6.03. The van der Waals surface area contributed by atoms with Crippen molar-refractivity contribution in [3.05, 3.63) is 36.0 Å². The summed E-state index contributed by atoms with van der Waals surface area (Å²) in [6.45, 7) is 3.37. The fraction of sp³-hybridized carbons (Fsp3) is 0.429. The van der Waals surface area contributed by atoms with Crippen LogP contribution in [0, 0.1) is 0 Å². The molecule has 5 nitrogen and oxygen atoms in total. The van der Waals surface area contributed by atoms with Gasteiger partial charge in [0.2, 0.25) is 0 Å². The van der Waals surface area contributed by atoms with E-state index in [1.165, 1.54) is 13.0 Å². The molecule has 1 heterocycles. The molecule has 0 aromatic heterocycles. The molecule has 0 radical (unpaired) electrons. The summed E-state index contributed by atoms with van der Waals surface area (Å²) in [5.41, 5.74) is -1.14. The van der Waals surface area contributed by atoms with E-state index in [0.29, 0.717) is 0 Å². The molecule has 104 valence electrons. The summed E-state index contributed by atoms with van der Waals surface area (Å²) in [7, 11) is 0. The molecule has 0 aliphatic carbocycles. The molecule has 1 aliphatic heterocycles. The molecular weight excluding hydrogens is 248 g/mol. The summed E-state index contributed by atoms with van der Waals surface area (Å²) in [5.74, 6) is -1.58. The van der Waals surface area contributed by atoms with E-state index >= 15 is 0 Å². The fourth-order valence-electron chi connectivity index (χ4n) is 1.73. The zero-order valence-corrected chi connectivity index (χ0v) is 11.0. The zero-order chi connectivity index (χ0) is 14.5. The molecule has 0 spiro atoms.